The zero-order valence-electron chi connectivity index (χ0n) is 14.4. The van der Waals surface area contributed by atoms with Gasteiger partial charge in [-0.3, -0.25) is 9.59 Å². The Morgan fingerprint density at radius 3 is 2.36 bits per heavy atom. The fourth-order valence-electron chi connectivity index (χ4n) is 2.21. The molecule has 0 spiro atoms. The Balaban J connectivity index is 1.89. The summed E-state index contributed by atoms with van der Waals surface area (Å²) in [4.78, 5) is 24.8. The van der Waals surface area contributed by atoms with Crippen LogP contribution in [0.15, 0.2) is 42.5 Å². The number of halogens is 1. The second kappa shape index (κ2) is 8.28. The van der Waals surface area contributed by atoms with E-state index in [9.17, 15) is 14.0 Å². The quantitative estimate of drug-likeness (QED) is 0.724. The molecular formula is C19H20FNO4. The molecule has 0 saturated heterocycles. The van der Waals surface area contributed by atoms with Crippen molar-refractivity contribution in [1.29, 1.82) is 0 Å². The fourth-order valence-corrected chi connectivity index (χ4v) is 2.21. The molecule has 0 radical (unpaired) electrons. The van der Waals surface area contributed by atoms with Gasteiger partial charge in [0, 0.05) is 19.2 Å². The van der Waals surface area contributed by atoms with Crippen LogP contribution in [0, 0.1) is 5.82 Å². The highest BCUT2D eigenvalue weighted by molar-refractivity contribution is 5.94. The first-order chi connectivity index (χ1) is 11.9. The van der Waals surface area contributed by atoms with Crippen molar-refractivity contribution in [3.05, 3.63) is 59.4 Å². The van der Waals surface area contributed by atoms with Gasteiger partial charge in [0.2, 0.25) is 0 Å². The minimum absolute atomic E-state index is 0.0333. The summed E-state index contributed by atoms with van der Waals surface area (Å²) in [5, 5.41) is 0. The van der Waals surface area contributed by atoms with E-state index in [-0.39, 0.29) is 30.6 Å². The van der Waals surface area contributed by atoms with Crippen LogP contribution < -0.4 is 9.47 Å². The molecular weight excluding hydrogens is 325 g/mol. The first-order valence-electron chi connectivity index (χ1n) is 7.71. The maximum Gasteiger partial charge on any atom is 0.260 e. The molecule has 25 heavy (non-hydrogen) atoms. The van der Waals surface area contributed by atoms with E-state index in [2.05, 4.69) is 0 Å². The molecule has 0 saturated carbocycles. The van der Waals surface area contributed by atoms with Crippen LogP contribution in [0.3, 0.4) is 0 Å². The van der Waals surface area contributed by atoms with Crippen LogP contribution in [0.5, 0.6) is 11.5 Å². The topological polar surface area (TPSA) is 55.8 Å². The molecule has 1 amide bonds. The second-order valence-electron chi connectivity index (χ2n) is 5.59. The van der Waals surface area contributed by atoms with Gasteiger partial charge in [-0.15, -0.1) is 0 Å². The van der Waals surface area contributed by atoms with E-state index >= 15 is 0 Å². The third-order valence-electron chi connectivity index (χ3n) is 3.68. The van der Waals surface area contributed by atoms with Gasteiger partial charge in [0.15, 0.2) is 24.0 Å². The Morgan fingerprint density at radius 1 is 1.12 bits per heavy atom. The molecule has 0 fully saturated rings. The van der Waals surface area contributed by atoms with E-state index in [0.29, 0.717) is 16.9 Å². The summed E-state index contributed by atoms with van der Waals surface area (Å²) >= 11 is 0. The average molecular weight is 345 g/mol. The van der Waals surface area contributed by atoms with Crippen LogP contribution in [0.25, 0.3) is 0 Å². The second-order valence-corrected chi connectivity index (χ2v) is 5.59. The zero-order valence-corrected chi connectivity index (χ0v) is 14.4. The lowest BCUT2D eigenvalue weighted by atomic mass is 10.1. The van der Waals surface area contributed by atoms with E-state index in [1.807, 2.05) is 0 Å². The van der Waals surface area contributed by atoms with Crippen LogP contribution in [0.4, 0.5) is 4.39 Å². The number of hydrogen-bond acceptors (Lipinski definition) is 4. The molecule has 0 bridgehead atoms. The summed E-state index contributed by atoms with van der Waals surface area (Å²) < 4.78 is 24.0. The zero-order chi connectivity index (χ0) is 18.4. The maximum absolute atomic E-state index is 13.7. The minimum Gasteiger partial charge on any atom is -0.494 e. The number of carbonyl (C=O) groups excluding carboxylic acids is 2. The molecule has 0 heterocycles. The SMILES string of the molecule is COc1ccc(CN(C)C(=O)COc2ccc(C(C)=O)cc2)cc1F. The number of benzene rings is 2. The van der Waals surface area contributed by atoms with E-state index < -0.39 is 5.82 Å². The number of likely N-dealkylation sites (N-methyl/N-ethyl adjacent to an activating group) is 1. The number of hydrogen-bond donors (Lipinski definition) is 0. The third-order valence-corrected chi connectivity index (χ3v) is 3.68. The van der Waals surface area contributed by atoms with Gasteiger partial charge < -0.3 is 14.4 Å². The highest BCUT2D eigenvalue weighted by Gasteiger charge is 2.12. The van der Waals surface area contributed by atoms with Gasteiger partial charge in [0.25, 0.3) is 5.91 Å². The predicted molar refractivity (Wildman–Crippen MR) is 91.4 cm³/mol. The summed E-state index contributed by atoms with van der Waals surface area (Å²) in [7, 11) is 3.01. The molecule has 132 valence electrons. The van der Waals surface area contributed by atoms with E-state index in [1.54, 1.807) is 37.4 Å². The van der Waals surface area contributed by atoms with E-state index in [4.69, 9.17) is 9.47 Å². The van der Waals surface area contributed by atoms with Crippen molar-refractivity contribution in [2.75, 3.05) is 20.8 Å². The molecule has 0 atom stereocenters. The Bertz CT molecular complexity index is 759. The molecule has 0 aliphatic heterocycles. The van der Waals surface area contributed by atoms with Gasteiger partial charge in [0.05, 0.1) is 7.11 Å². The Morgan fingerprint density at radius 2 is 1.80 bits per heavy atom. The molecule has 2 rings (SSSR count). The molecule has 0 aliphatic rings. The first kappa shape index (κ1) is 18.4. The number of Topliss-reactive ketones (excluding diaryl/α,β-unsaturated/α-hetero) is 1. The highest BCUT2D eigenvalue weighted by Crippen LogP contribution is 2.18. The lowest BCUT2D eigenvalue weighted by molar-refractivity contribution is -0.132. The van der Waals surface area contributed by atoms with Crippen LogP contribution in [0.1, 0.15) is 22.8 Å². The summed E-state index contributed by atoms with van der Waals surface area (Å²) in [6, 6.07) is 11.1. The molecule has 6 heteroatoms. The number of amides is 1. The van der Waals surface area contributed by atoms with Crippen LogP contribution in [-0.2, 0) is 11.3 Å². The highest BCUT2D eigenvalue weighted by atomic mass is 19.1. The number of nitrogens with zero attached hydrogens (tertiary/aromatic N) is 1. The van der Waals surface area contributed by atoms with Crippen molar-refractivity contribution in [2.45, 2.75) is 13.5 Å². The van der Waals surface area contributed by atoms with E-state index in [1.165, 1.54) is 31.1 Å². The van der Waals surface area contributed by atoms with Crippen molar-refractivity contribution in [3.63, 3.8) is 0 Å². The largest absolute Gasteiger partial charge is 0.494 e. The lowest BCUT2D eigenvalue weighted by Gasteiger charge is -2.18. The number of carbonyl (C=O) groups is 2. The minimum atomic E-state index is -0.470. The van der Waals surface area contributed by atoms with Gasteiger partial charge in [-0.2, -0.15) is 0 Å². The van der Waals surface area contributed by atoms with Gasteiger partial charge >= 0.3 is 0 Å². The normalized spacial score (nSPS) is 10.2. The molecule has 0 aromatic heterocycles. The summed E-state index contributed by atoms with van der Waals surface area (Å²) in [5.74, 6) is -0.0825. The average Bonchev–Trinajstić information content (AvgIpc) is 2.60. The predicted octanol–water partition coefficient (Wildman–Crippen LogP) is 3.07. The summed E-state index contributed by atoms with van der Waals surface area (Å²) in [6.07, 6.45) is 0. The van der Waals surface area contributed by atoms with E-state index in [0.717, 1.165) is 0 Å². The Kier molecular flexibility index (Phi) is 6.11. The van der Waals surface area contributed by atoms with Crippen LogP contribution >= 0.6 is 0 Å². The van der Waals surface area contributed by atoms with Crippen molar-refractivity contribution in [2.24, 2.45) is 0 Å². The van der Waals surface area contributed by atoms with Gasteiger partial charge in [0.1, 0.15) is 5.75 Å². The Hall–Kier alpha value is -2.89. The Labute approximate surface area is 146 Å². The summed E-state index contributed by atoms with van der Waals surface area (Å²) in [6.45, 7) is 1.59. The van der Waals surface area contributed by atoms with Gasteiger partial charge in [-0.05, 0) is 48.9 Å². The number of methoxy groups -OCH3 is 1. The van der Waals surface area contributed by atoms with Crippen LogP contribution in [0.2, 0.25) is 0 Å². The standard InChI is InChI=1S/C19H20FNO4/c1-13(22)15-5-7-16(8-6-15)25-12-19(23)21(2)11-14-4-9-18(24-3)17(20)10-14/h4-10H,11-12H2,1-3H3. The molecule has 2 aromatic carbocycles. The van der Waals surface area contributed by atoms with Crippen molar-refractivity contribution in [1.82, 2.24) is 4.90 Å². The number of rotatable bonds is 7. The number of ether oxygens (including phenoxy) is 2. The maximum atomic E-state index is 13.7. The number of ketones is 1. The summed E-state index contributed by atoms with van der Waals surface area (Å²) in [5.41, 5.74) is 1.23. The van der Waals surface area contributed by atoms with Crippen molar-refractivity contribution >= 4 is 11.7 Å². The molecule has 0 unspecified atom stereocenters. The van der Waals surface area contributed by atoms with Crippen LogP contribution in [-0.4, -0.2) is 37.4 Å². The lowest BCUT2D eigenvalue weighted by Crippen LogP contribution is -2.31. The fraction of sp³-hybridized carbons (Fsp3) is 0.263. The molecule has 5 nitrogen and oxygen atoms in total. The first-order valence-corrected chi connectivity index (χ1v) is 7.71. The van der Waals surface area contributed by atoms with Crippen molar-refractivity contribution < 1.29 is 23.5 Å². The molecule has 2 aromatic rings. The van der Waals surface area contributed by atoms with Gasteiger partial charge in [-0.1, -0.05) is 6.07 Å². The van der Waals surface area contributed by atoms with Crippen molar-refractivity contribution in [3.8, 4) is 11.5 Å². The monoisotopic (exact) mass is 345 g/mol. The molecule has 0 N–H and O–H groups in total. The molecule has 0 aliphatic carbocycles. The van der Waals surface area contributed by atoms with Gasteiger partial charge in [-0.25, -0.2) is 4.39 Å². The smallest absolute Gasteiger partial charge is 0.260 e. The third kappa shape index (κ3) is 5.04.